The monoisotopic (exact) mass is 308 g/mol. The highest BCUT2D eigenvalue weighted by Crippen LogP contribution is 2.27. The topological polar surface area (TPSA) is 91.4 Å². The largest absolute Gasteiger partial charge is 0.343 e. The first kappa shape index (κ1) is 12.8. The molecule has 2 aromatic heterocycles. The van der Waals surface area contributed by atoms with Gasteiger partial charge in [0.05, 0.1) is 4.88 Å². The van der Waals surface area contributed by atoms with Crippen LogP contribution >= 0.6 is 22.7 Å². The van der Waals surface area contributed by atoms with Crippen LogP contribution in [0, 0.1) is 0 Å². The lowest BCUT2D eigenvalue weighted by Crippen LogP contribution is -2.44. The van der Waals surface area contributed by atoms with Crippen LogP contribution in [0.15, 0.2) is 22.9 Å². The van der Waals surface area contributed by atoms with Crippen LogP contribution in [0.4, 0.5) is 4.79 Å². The van der Waals surface area contributed by atoms with Gasteiger partial charge in [-0.25, -0.2) is 14.8 Å². The van der Waals surface area contributed by atoms with Gasteiger partial charge in [-0.05, 0) is 11.4 Å². The van der Waals surface area contributed by atoms with Gasteiger partial charge in [0.25, 0.3) is 5.91 Å². The molecular formula is C11H8N4O3S2. The Bertz CT molecular complexity index is 680. The molecular weight excluding hydrogens is 300 g/mol. The van der Waals surface area contributed by atoms with E-state index in [4.69, 9.17) is 0 Å². The molecule has 7 nitrogen and oxygen atoms in total. The van der Waals surface area contributed by atoms with E-state index in [9.17, 15) is 14.4 Å². The Labute approximate surface area is 121 Å². The number of amides is 4. The fourth-order valence-electron chi connectivity index (χ4n) is 1.60. The van der Waals surface area contributed by atoms with Crippen molar-refractivity contribution in [2.24, 2.45) is 0 Å². The number of thiazole rings is 1. The van der Waals surface area contributed by atoms with Gasteiger partial charge in [0.2, 0.25) is 5.91 Å². The van der Waals surface area contributed by atoms with Gasteiger partial charge in [0.1, 0.15) is 17.2 Å². The highest BCUT2D eigenvalue weighted by atomic mass is 32.1. The first-order valence-electron chi connectivity index (χ1n) is 5.55. The molecule has 0 radical (unpaired) electrons. The van der Waals surface area contributed by atoms with E-state index in [1.165, 1.54) is 22.7 Å². The number of hydrogen-bond donors (Lipinski definition) is 2. The number of carbonyl (C=O) groups excluding carboxylic acids is 3. The number of thiophene rings is 1. The second-order valence-electron chi connectivity index (χ2n) is 3.90. The Morgan fingerprint density at radius 3 is 2.90 bits per heavy atom. The van der Waals surface area contributed by atoms with Crippen LogP contribution in [0.5, 0.6) is 0 Å². The quantitative estimate of drug-likeness (QED) is 0.830. The third kappa shape index (κ3) is 2.40. The van der Waals surface area contributed by atoms with Crippen LogP contribution in [0.3, 0.4) is 0 Å². The average molecular weight is 308 g/mol. The molecule has 0 aromatic carbocycles. The van der Waals surface area contributed by atoms with Gasteiger partial charge in [-0.1, -0.05) is 6.07 Å². The summed E-state index contributed by atoms with van der Waals surface area (Å²) < 4.78 is 0. The number of hydrogen-bond acceptors (Lipinski definition) is 6. The number of aromatic nitrogens is 1. The van der Waals surface area contributed by atoms with Gasteiger partial charge < -0.3 is 0 Å². The molecule has 1 aliphatic heterocycles. The first-order valence-corrected chi connectivity index (χ1v) is 7.31. The fourth-order valence-corrected chi connectivity index (χ4v) is 3.22. The molecule has 0 aliphatic carbocycles. The van der Waals surface area contributed by atoms with Crippen molar-refractivity contribution < 1.29 is 14.4 Å². The Morgan fingerprint density at radius 2 is 2.25 bits per heavy atom. The van der Waals surface area contributed by atoms with Gasteiger partial charge in [-0.3, -0.25) is 20.3 Å². The Hall–Kier alpha value is -2.26. The number of nitrogens with one attached hydrogen (secondary N) is 2. The summed E-state index contributed by atoms with van der Waals surface area (Å²) in [6.45, 7) is -0.188. The predicted molar refractivity (Wildman–Crippen MR) is 73.1 cm³/mol. The number of nitrogens with zero attached hydrogens (tertiary/aromatic N) is 2. The first-order chi connectivity index (χ1) is 9.63. The fraction of sp³-hybridized carbons (Fsp3) is 0.0909. The summed E-state index contributed by atoms with van der Waals surface area (Å²) in [6.07, 6.45) is 0. The van der Waals surface area contributed by atoms with E-state index in [1.54, 1.807) is 5.38 Å². The van der Waals surface area contributed by atoms with Crippen molar-refractivity contribution >= 4 is 40.5 Å². The molecule has 0 unspecified atom stereocenters. The Kier molecular flexibility index (Phi) is 3.20. The lowest BCUT2D eigenvalue weighted by Gasteiger charge is -2.12. The molecule has 20 heavy (non-hydrogen) atoms. The molecule has 0 bridgehead atoms. The van der Waals surface area contributed by atoms with Crippen LogP contribution in [0.25, 0.3) is 9.88 Å². The van der Waals surface area contributed by atoms with Crippen LogP contribution in [-0.2, 0) is 4.79 Å². The number of hydrazine groups is 1. The van der Waals surface area contributed by atoms with Crippen molar-refractivity contribution in [3.8, 4) is 9.88 Å². The highest BCUT2D eigenvalue weighted by molar-refractivity contribution is 7.20. The number of imide groups is 1. The Morgan fingerprint density at radius 1 is 1.40 bits per heavy atom. The maximum Gasteiger partial charge on any atom is 0.343 e. The summed E-state index contributed by atoms with van der Waals surface area (Å²) in [5, 5.41) is 7.28. The number of rotatable bonds is 3. The van der Waals surface area contributed by atoms with Crippen molar-refractivity contribution in [3.63, 3.8) is 0 Å². The molecule has 4 amide bonds. The second-order valence-corrected chi connectivity index (χ2v) is 5.70. The molecule has 9 heteroatoms. The average Bonchev–Trinajstić information content (AvgIpc) is 3.11. The molecule has 0 atom stereocenters. The zero-order valence-electron chi connectivity index (χ0n) is 9.95. The van der Waals surface area contributed by atoms with Gasteiger partial charge in [-0.15, -0.1) is 22.7 Å². The lowest BCUT2D eigenvalue weighted by molar-refractivity contribution is -0.118. The van der Waals surface area contributed by atoms with E-state index in [1.807, 2.05) is 17.5 Å². The van der Waals surface area contributed by atoms with E-state index >= 15 is 0 Å². The molecule has 0 saturated carbocycles. The summed E-state index contributed by atoms with van der Waals surface area (Å²) in [7, 11) is 0. The summed E-state index contributed by atoms with van der Waals surface area (Å²) in [5.41, 5.74) is 2.56. The van der Waals surface area contributed by atoms with E-state index in [2.05, 4.69) is 15.7 Å². The standard InChI is InChI=1S/C11H8N4O3S2/c16-8-4-15(11(18)13-8)14-9(17)6-5-20-10(12-6)7-2-1-3-19-7/h1-3,5H,4H2,(H,14,17)(H,13,16,18). The van der Waals surface area contributed by atoms with E-state index in [0.717, 1.165) is 14.9 Å². The van der Waals surface area contributed by atoms with Crippen molar-refractivity contribution in [3.05, 3.63) is 28.6 Å². The van der Waals surface area contributed by atoms with Crippen molar-refractivity contribution in [2.75, 3.05) is 6.54 Å². The Balaban J connectivity index is 1.72. The third-order valence-electron chi connectivity index (χ3n) is 2.50. The zero-order chi connectivity index (χ0) is 14.1. The smallest absolute Gasteiger partial charge is 0.275 e. The van der Waals surface area contributed by atoms with Crippen molar-refractivity contribution in [1.29, 1.82) is 0 Å². The number of carbonyl (C=O) groups is 3. The molecule has 2 N–H and O–H groups in total. The maximum absolute atomic E-state index is 11.9. The third-order valence-corrected chi connectivity index (χ3v) is 4.38. The second kappa shape index (κ2) is 5.02. The van der Waals surface area contributed by atoms with Crippen LogP contribution in [-0.4, -0.2) is 34.4 Å². The van der Waals surface area contributed by atoms with E-state index in [-0.39, 0.29) is 12.2 Å². The maximum atomic E-state index is 11.9. The number of urea groups is 1. The molecule has 1 fully saturated rings. The SMILES string of the molecule is O=C1CN(NC(=O)c2csc(-c3cccs3)n2)C(=O)N1. The summed E-state index contributed by atoms with van der Waals surface area (Å²) in [4.78, 5) is 39.4. The predicted octanol–water partition coefficient (Wildman–Crippen LogP) is 1.07. The molecule has 3 rings (SSSR count). The minimum atomic E-state index is -0.642. The van der Waals surface area contributed by atoms with E-state index < -0.39 is 17.8 Å². The van der Waals surface area contributed by atoms with Gasteiger partial charge >= 0.3 is 6.03 Å². The van der Waals surface area contributed by atoms with Crippen LogP contribution in [0.2, 0.25) is 0 Å². The summed E-state index contributed by atoms with van der Waals surface area (Å²) >= 11 is 2.88. The zero-order valence-corrected chi connectivity index (χ0v) is 11.6. The van der Waals surface area contributed by atoms with Gasteiger partial charge in [0, 0.05) is 5.38 Å². The van der Waals surface area contributed by atoms with Crippen LogP contribution in [0.1, 0.15) is 10.5 Å². The van der Waals surface area contributed by atoms with Gasteiger partial charge in [0.15, 0.2) is 0 Å². The molecule has 0 spiro atoms. The van der Waals surface area contributed by atoms with Gasteiger partial charge in [-0.2, -0.15) is 0 Å². The van der Waals surface area contributed by atoms with Crippen LogP contribution < -0.4 is 10.7 Å². The summed E-state index contributed by atoms with van der Waals surface area (Å²) in [5.74, 6) is -0.971. The highest BCUT2D eigenvalue weighted by Gasteiger charge is 2.28. The van der Waals surface area contributed by atoms with E-state index in [0.29, 0.717) is 0 Å². The summed E-state index contributed by atoms with van der Waals surface area (Å²) in [6, 6.07) is 3.18. The lowest BCUT2D eigenvalue weighted by atomic mass is 10.4. The molecule has 1 saturated heterocycles. The molecule has 2 aromatic rings. The minimum Gasteiger partial charge on any atom is -0.275 e. The molecule has 3 heterocycles. The van der Waals surface area contributed by atoms with Crippen molar-refractivity contribution in [2.45, 2.75) is 0 Å². The van der Waals surface area contributed by atoms with Crippen molar-refractivity contribution in [1.82, 2.24) is 20.7 Å². The molecule has 102 valence electrons. The molecule has 1 aliphatic rings. The minimum absolute atomic E-state index is 0.188. The normalized spacial score (nSPS) is 14.5.